The Bertz CT molecular complexity index is 1210. The Kier molecular flexibility index (Phi) is 7.88. The Morgan fingerprint density at radius 3 is 2.27 bits per heavy atom. The Hall–Kier alpha value is -2.34. The van der Waals surface area contributed by atoms with E-state index in [1.165, 1.54) is 47.8 Å². The lowest BCUT2D eigenvalue weighted by Crippen LogP contribution is -2.37. The average molecular weight is 516 g/mol. The fraction of sp³-hybridized carbons (Fsp3) is 0.381. The highest BCUT2D eigenvalue weighted by molar-refractivity contribution is 7.92. The van der Waals surface area contributed by atoms with E-state index in [4.69, 9.17) is 16.3 Å². The fourth-order valence-electron chi connectivity index (χ4n) is 3.53. The van der Waals surface area contributed by atoms with Crippen LogP contribution in [0.5, 0.6) is 5.75 Å². The summed E-state index contributed by atoms with van der Waals surface area (Å²) in [6, 6.07) is 10.2. The van der Waals surface area contributed by atoms with Gasteiger partial charge in [-0.2, -0.15) is 4.31 Å². The molecule has 1 amide bonds. The molecule has 33 heavy (non-hydrogen) atoms. The van der Waals surface area contributed by atoms with Crippen LogP contribution in [0.1, 0.15) is 19.3 Å². The minimum Gasteiger partial charge on any atom is -0.495 e. The molecule has 0 aliphatic carbocycles. The number of carbonyl (C=O) groups excluding carboxylic acids is 1. The monoisotopic (exact) mass is 515 g/mol. The highest BCUT2D eigenvalue weighted by atomic mass is 35.5. The Morgan fingerprint density at radius 1 is 1.06 bits per heavy atom. The van der Waals surface area contributed by atoms with E-state index in [1.54, 1.807) is 6.07 Å². The second-order valence-electron chi connectivity index (χ2n) is 7.62. The number of halogens is 1. The third-order valence-corrected chi connectivity index (χ3v) is 8.46. The van der Waals surface area contributed by atoms with Crippen molar-refractivity contribution in [2.75, 3.05) is 42.6 Å². The third kappa shape index (κ3) is 6.17. The zero-order valence-electron chi connectivity index (χ0n) is 18.3. The van der Waals surface area contributed by atoms with Crippen molar-refractivity contribution in [2.45, 2.75) is 24.2 Å². The van der Waals surface area contributed by atoms with Crippen LogP contribution in [0.15, 0.2) is 47.4 Å². The zero-order chi connectivity index (χ0) is 24.2. The van der Waals surface area contributed by atoms with Gasteiger partial charge in [-0.3, -0.25) is 9.10 Å². The van der Waals surface area contributed by atoms with E-state index >= 15 is 0 Å². The maximum absolute atomic E-state index is 12.8. The van der Waals surface area contributed by atoms with Crippen LogP contribution in [0.25, 0.3) is 0 Å². The van der Waals surface area contributed by atoms with Crippen LogP contribution < -0.4 is 14.4 Å². The second kappa shape index (κ2) is 10.3. The first-order valence-corrected chi connectivity index (χ1v) is 13.9. The summed E-state index contributed by atoms with van der Waals surface area (Å²) in [6.45, 7) is 0.466. The highest BCUT2D eigenvalue weighted by Crippen LogP contribution is 2.32. The summed E-state index contributed by atoms with van der Waals surface area (Å²) in [5.41, 5.74) is 0.467. The van der Waals surface area contributed by atoms with Crippen LogP contribution in [0.4, 0.5) is 11.4 Å². The van der Waals surface area contributed by atoms with Gasteiger partial charge >= 0.3 is 0 Å². The van der Waals surface area contributed by atoms with E-state index < -0.39 is 32.5 Å². The number of anilines is 2. The summed E-state index contributed by atoms with van der Waals surface area (Å²) in [5, 5.41) is 2.88. The summed E-state index contributed by atoms with van der Waals surface area (Å²) in [6.07, 6.45) is 3.66. The molecule has 2 aromatic rings. The van der Waals surface area contributed by atoms with Crippen molar-refractivity contribution in [3.63, 3.8) is 0 Å². The van der Waals surface area contributed by atoms with Crippen molar-refractivity contribution >= 4 is 48.9 Å². The number of hydrogen-bond acceptors (Lipinski definition) is 6. The molecule has 180 valence electrons. The molecule has 1 heterocycles. The number of nitrogens with one attached hydrogen (secondary N) is 1. The van der Waals surface area contributed by atoms with E-state index in [2.05, 4.69) is 5.32 Å². The molecule has 1 fully saturated rings. The Labute approximate surface area is 199 Å². The van der Waals surface area contributed by atoms with Gasteiger partial charge in [0.1, 0.15) is 12.3 Å². The number of rotatable bonds is 8. The molecule has 0 unspecified atom stereocenters. The van der Waals surface area contributed by atoms with E-state index in [0.717, 1.165) is 29.8 Å². The fourth-order valence-corrected chi connectivity index (χ4v) is 6.07. The third-order valence-electron chi connectivity index (χ3n) is 5.19. The number of hydrogen-bond donors (Lipinski definition) is 1. The molecule has 3 rings (SSSR count). The van der Waals surface area contributed by atoms with E-state index in [-0.39, 0.29) is 21.4 Å². The number of benzene rings is 2. The quantitative estimate of drug-likeness (QED) is 0.578. The Morgan fingerprint density at radius 2 is 1.70 bits per heavy atom. The number of ether oxygens (including phenoxy) is 1. The van der Waals surface area contributed by atoms with Crippen molar-refractivity contribution in [3.8, 4) is 5.75 Å². The number of carbonyl (C=O) groups is 1. The van der Waals surface area contributed by atoms with Gasteiger partial charge in [-0.15, -0.1) is 0 Å². The summed E-state index contributed by atoms with van der Waals surface area (Å²) in [4.78, 5) is 12.8. The molecule has 1 aliphatic heterocycles. The molecule has 0 spiro atoms. The largest absolute Gasteiger partial charge is 0.495 e. The minimum absolute atomic E-state index is 0.130. The minimum atomic E-state index is -3.84. The maximum atomic E-state index is 12.8. The predicted molar refractivity (Wildman–Crippen MR) is 128 cm³/mol. The van der Waals surface area contributed by atoms with Crippen LogP contribution in [-0.4, -0.2) is 60.0 Å². The van der Waals surface area contributed by atoms with Crippen molar-refractivity contribution in [1.29, 1.82) is 0 Å². The number of piperidine rings is 1. The van der Waals surface area contributed by atoms with Gasteiger partial charge < -0.3 is 10.1 Å². The molecule has 0 radical (unpaired) electrons. The average Bonchev–Trinajstić information content (AvgIpc) is 2.77. The van der Waals surface area contributed by atoms with Gasteiger partial charge in [-0.05, 0) is 55.3 Å². The molecular weight excluding hydrogens is 490 g/mol. The molecule has 1 N–H and O–H groups in total. The van der Waals surface area contributed by atoms with Crippen molar-refractivity contribution in [3.05, 3.63) is 47.5 Å². The van der Waals surface area contributed by atoms with Crippen LogP contribution in [-0.2, 0) is 24.8 Å². The van der Waals surface area contributed by atoms with E-state index in [0.29, 0.717) is 18.8 Å². The lowest BCUT2D eigenvalue weighted by molar-refractivity contribution is -0.114. The van der Waals surface area contributed by atoms with Crippen molar-refractivity contribution in [2.24, 2.45) is 0 Å². The molecule has 9 nitrogen and oxygen atoms in total. The van der Waals surface area contributed by atoms with Crippen molar-refractivity contribution in [1.82, 2.24) is 4.31 Å². The van der Waals surface area contributed by atoms with Crippen LogP contribution in [0.3, 0.4) is 0 Å². The van der Waals surface area contributed by atoms with Gasteiger partial charge in [0.2, 0.25) is 26.0 Å². The van der Waals surface area contributed by atoms with Gasteiger partial charge in [0, 0.05) is 23.8 Å². The zero-order valence-corrected chi connectivity index (χ0v) is 20.7. The molecule has 0 atom stereocenters. The molecule has 0 saturated carbocycles. The standard InChI is InChI=1S/C21H26ClN3O6S2/c1-31-20-11-6-16(22)14-19(20)25(32(2,27)28)15-21(26)23-17-7-9-18(10-8-17)33(29,30)24-12-4-3-5-13-24/h6-11,14H,3-5,12-13,15H2,1-2H3,(H,23,26). The maximum Gasteiger partial charge on any atom is 0.245 e. The van der Waals surface area contributed by atoms with Gasteiger partial charge in [-0.1, -0.05) is 18.0 Å². The highest BCUT2D eigenvalue weighted by Gasteiger charge is 2.27. The first-order valence-electron chi connectivity index (χ1n) is 10.2. The van der Waals surface area contributed by atoms with Gasteiger partial charge in [-0.25, -0.2) is 16.8 Å². The smallest absolute Gasteiger partial charge is 0.245 e. The number of amides is 1. The Balaban J connectivity index is 1.76. The molecule has 1 saturated heterocycles. The van der Waals surface area contributed by atoms with Crippen LogP contribution in [0, 0.1) is 0 Å². The SMILES string of the molecule is COc1ccc(Cl)cc1N(CC(=O)Nc1ccc(S(=O)(=O)N2CCCCC2)cc1)S(C)(=O)=O. The number of sulfonamides is 2. The lowest BCUT2D eigenvalue weighted by Gasteiger charge is -2.26. The van der Waals surface area contributed by atoms with Gasteiger partial charge in [0.25, 0.3) is 0 Å². The lowest BCUT2D eigenvalue weighted by atomic mass is 10.2. The summed E-state index contributed by atoms with van der Waals surface area (Å²) in [5.74, 6) is -0.376. The molecular formula is C21H26ClN3O6S2. The predicted octanol–water partition coefficient (Wildman–Crippen LogP) is 2.93. The number of methoxy groups -OCH3 is 1. The van der Waals surface area contributed by atoms with Crippen LogP contribution in [0.2, 0.25) is 5.02 Å². The second-order valence-corrected chi connectivity index (χ2v) is 11.9. The molecule has 2 aromatic carbocycles. The van der Waals surface area contributed by atoms with Gasteiger partial charge in [0.05, 0.1) is 23.9 Å². The topological polar surface area (TPSA) is 113 Å². The molecule has 12 heteroatoms. The first kappa shape index (κ1) is 25.3. The number of nitrogens with zero attached hydrogens (tertiary/aromatic N) is 2. The summed E-state index contributed by atoms with van der Waals surface area (Å²) >= 11 is 6.01. The van der Waals surface area contributed by atoms with Crippen molar-refractivity contribution < 1.29 is 26.4 Å². The normalized spacial score (nSPS) is 15.1. The van der Waals surface area contributed by atoms with E-state index in [1.807, 2.05) is 0 Å². The van der Waals surface area contributed by atoms with Gasteiger partial charge in [0.15, 0.2) is 0 Å². The first-order chi connectivity index (χ1) is 15.5. The molecule has 0 bridgehead atoms. The molecule has 0 aromatic heterocycles. The summed E-state index contributed by atoms with van der Waals surface area (Å²) in [7, 11) is -6.05. The summed E-state index contributed by atoms with van der Waals surface area (Å²) < 4.78 is 57.9. The molecule has 1 aliphatic rings. The van der Waals surface area contributed by atoms with E-state index in [9.17, 15) is 21.6 Å². The van der Waals surface area contributed by atoms with Crippen LogP contribution >= 0.6 is 11.6 Å².